The molecule has 17 heavy (non-hydrogen) atoms. The van der Waals surface area contributed by atoms with Crippen LogP contribution in [0.3, 0.4) is 0 Å². The Morgan fingerprint density at radius 2 is 2.00 bits per heavy atom. The maximum absolute atomic E-state index is 11.7. The van der Waals surface area contributed by atoms with Crippen LogP contribution in [0.2, 0.25) is 0 Å². The monoisotopic (exact) mass is 230 g/mol. The number of carbonyl (C=O) groups is 2. The Bertz CT molecular complexity index is 468. The van der Waals surface area contributed by atoms with E-state index >= 15 is 0 Å². The average Bonchev–Trinajstić information content (AvgIpc) is 2.34. The first kappa shape index (κ1) is 11.5. The molecule has 0 aromatic heterocycles. The van der Waals surface area contributed by atoms with Gasteiger partial charge in [0.05, 0.1) is 0 Å². The predicted molar refractivity (Wildman–Crippen MR) is 64.8 cm³/mol. The van der Waals surface area contributed by atoms with Gasteiger partial charge in [-0.25, -0.2) is 0 Å². The molecule has 1 N–H and O–H groups in total. The van der Waals surface area contributed by atoms with E-state index < -0.39 is 5.54 Å². The Kier molecular flexibility index (Phi) is 3.04. The molecule has 1 atom stereocenters. The summed E-state index contributed by atoms with van der Waals surface area (Å²) in [6.45, 7) is 1.74. The molecule has 1 fully saturated rings. The minimum absolute atomic E-state index is 0.220. The first-order chi connectivity index (χ1) is 8.10. The normalized spacial score (nSPS) is 25.0. The highest BCUT2D eigenvalue weighted by Gasteiger charge is 2.37. The summed E-state index contributed by atoms with van der Waals surface area (Å²) in [4.78, 5) is 27.1. The summed E-state index contributed by atoms with van der Waals surface area (Å²) in [5.74, 6) is -0.539. The van der Waals surface area contributed by atoms with Crippen molar-refractivity contribution in [2.24, 2.45) is 4.99 Å². The highest BCUT2D eigenvalue weighted by atomic mass is 16.2. The van der Waals surface area contributed by atoms with E-state index in [1.54, 1.807) is 13.1 Å². The smallest absolute Gasteiger partial charge is 0.254 e. The van der Waals surface area contributed by atoms with Crippen LogP contribution < -0.4 is 5.32 Å². The molecule has 0 spiro atoms. The van der Waals surface area contributed by atoms with Gasteiger partial charge in [0.15, 0.2) is 0 Å². The van der Waals surface area contributed by atoms with E-state index in [1.165, 1.54) is 0 Å². The lowest BCUT2D eigenvalue weighted by Crippen LogP contribution is -2.50. The Hall–Kier alpha value is -1.97. The van der Waals surface area contributed by atoms with Crippen molar-refractivity contribution in [3.8, 4) is 0 Å². The molecule has 4 heteroatoms. The summed E-state index contributed by atoms with van der Waals surface area (Å²) >= 11 is 0. The second-order valence-electron chi connectivity index (χ2n) is 4.32. The lowest BCUT2D eigenvalue weighted by molar-refractivity contribution is -0.136. The molecule has 0 saturated carbocycles. The van der Waals surface area contributed by atoms with Crippen LogP contribution in [0, 0.1) is 0 Å². The molecule has 1 aromatic rings. The largest absolute Gasteiger partial charge is 0.294 e. The van der Waals surface area contributed by atoms with E-state index in [0.29, 0.717) is 12.8 Å². The first-order valence-corrected chi connectivity index (χ1v) is 5.55. The second-order valence-corrected chi connectivity index (χ2v) is 4.32. The van der Waals surface area contributed by atoms with Crippen LogP contribution in [0.1, 0.15) is 25.3 Å². The Morgan fingerprint density at radius 3 is 2.65 bits per heavy atom. The second kappa shape index (κ2) is 4.49. The van der Waals surface area contributed by atoms with Gasteiger partial charge in [-0.3, -0.25) is 19.9 Å². The number of nitrogens with one attached hydrogen (secondary N) is 1. The predicted octanol–water partition coefficient (Wildman–Crippen LogP) is 1.30. The highest BCUT2D eigenvalue weighted by molar-refractivity contribution is 6.03. The molecule has 2 rings (SSSR count). The maximum atomic E-state index is 11.7. The lowest BCUT2D eigenvalue weighted by atomic mass is 9.92. The minimum atomic E-state index is -0.830. The molecule has 0 radical (unpaired) electrons. The third-order valence-corrected chi connectivity index (χ3v) is 2.88. The number of rotatable bonds is 2. The van der Waals surface area contributed by atoms with Crippen molar-refractivity contribution < 1.29 is 9.59 Å². The fourth-order valence-corrected chi connectivity index (χ4v) is 1.67. The van der Waals surface area contributed by atoms with Crippen molar-refractivity contribution >= 4 is 18.0 Å². The van der Waals surface area contributed by atoms with Crippen LogP contribution in [0.5, 0.6) is 0 Å². The van der Waals surface area contributed by atoms with Crippen LogP contribution >= 0.6 is 0 Å². The molecule has 1 aliphatic rings. The van der Waals surface area contributed by atoms with E-state index in [0.717, 1.165) is 5.56 Å². The minimum Gasteiger partial charge on any atom is -0.294 e. The zero-order chi connectivity index (χ0) is 12.3. The van der Waals surface area contributed by atoms with E-state index in [1.807, 2.05) is 30.3 Å². The topological polar surface area (TPSA) is 58.5 Å². The Morgan fingerprint density at radius 1 is 1.29 bits per heavy atom. The Balaban J connectivity index is 2.15. The fourth-order valence-electron chi connectivity index (χ4n) is 1.67. The third kappa shape index (κ3) is 2.58. The Labute approximate surface area is 99.7 Å². The number of amides is 2. The van der Waals surface area contributed by atoms with Gasteiger partial charge in [0, 0.05) is 12.6 Å². The molecular weight excluding hydrogens is 216 g/mol. The number of hydrogen-bond acceptors (Lipinski definition) is 3. The molecule has 1 saturated heterocycles. The molecular formula is C13H14N2O2. The van der Waals surface area contributed by atoms with Crippen LogP contribution in [0.15, 0.2) is 35.3 Å². The molecule has 0 aliphatic carbocycles. The number of imide groups is 1. The number of piperidine rings is 1. The van der Waals surface area contributed by atoms with E-state index in [-0.39, 0.29) is 11.8 Å². The zero-order valence-electron chi connectivity index (χ0n) is 9.64. The molecule has 2 amide bonds. The van der Waals surface area contributed by atoms with Crippen molar-refractivity contribution in [2.45, 2.75) is 25.3 Å². The van der Waals surface area contributed by atoms with Gasteiger partial charge in [-0.1, -0.05) is 30.3 Å². The van der Waals surface area contributed by atoms with Crippen LogP contribution in [-0.2, 0) is 9.59 Å². The van der Waals surface area contributed by atoms with Crippen LogP contribution in [-0.4, -0.2) is 23.6 Å². The van der Waals surface area contributed by atoms with Gasteiger partial charge in [0.25, 0.3) is 5.91 Å². The molecule has 0 unspecified atom stereocenters. The summed E-state index contributed by atoms with van der Waals surface area (Å²) in [7, 11) is 0. The highest BCUT2D eigenvalue weighted by Crippen LogP contribution is 2.21. The molecule has 1 aromatic carbocycles. The average molecular weight is 230 g/mol. The summed E-state index contributed by atoms with van der Waals surface area (Å²) < 4.78 is 0. The quantitative estimate of drug-likeness (QED) is 0.615. The van der Waals surface area contributed by atoms with Gasteiger partial charge in [0.2, 0.25) is 5.91 Å². The number of aliphatic imine (C=N–C) groups is 1. The molecule has 0 bridgehead atoms. The molecule has 1 heterocycles. The van der Waals surface area contributed by atoms with E-state index in [4.69, 9.17) is 0 Å². The van der Waals surface area contributed by atoms with E-state index in [9.17, 15) is 9.59 Å². The number of hydrogen-bond donors (Lipinski definition) is 1. The third-order valence-electron chi connectivity index (χ3n) is 2.88. The van der Waals surface area contributed by atoms with Crippen molar-refractivity contribution in [1.82, 2.24) is 5.32 Å². The zero-order valence-corrected chi connectivity index (χ0v) is 9.64. The number of nitrogens with zero attached hydrogens (tertiary/aromatic N) is 1. The molecule has 1 aliphatic heterocycles. The van der Waals surface area contributed by atoms with Gasteiger partial charge in [0.1, 0.15) is 5.54 Å². The lowest BCUT2D eigenvalue weighted by Gasteiger charge is -2.27. The van der Waals surface area contributed by atoms with Crippen molar-refractivity contribution in [3.05, 3.63) is 35.9 Å². The van der Waals surface area contributed by atoms with Crippen molar-refractivity contribution in [3.63, 3.8) is 0 Å². The van der Waals surface area contributed by atoms with Gasteiger partial charge in [-0.2, -0.15) is 0 Å². The van der Waals surface area contributed by atoms with E-state index in [2.05, 4.69) is 10.3 Å². The summed E-state index contributed by atoms with van der Waals surface area (Å²) in [5, 5.41) is 2.31. The standard InChI is InChI=1S/C13H14N2O2/c1-13(8-7-11(16)15-12(13)17)14-9-10-5-3-2-4-6-10/h2-6,9H,7-8H2,1H3,(H,15,16,17)/t13-/m1/s1. The summed E-state index contributed by atoms with van der Waals surface area (Å²) in [6, 6.07) is 9.57. The molecule has 88 valence electrons. The van der Waals surface area contributed by atoms with Crippen LogP contribution in [0.25, 0.3) is 0 Å². The van der Waals surface area contributed by atoms with Gasteiger partial charge in [-0.05, 0) is 18.9 Å². The van der Waals surface area contributed by atoms with Crippen LogP contribution in [0.4, 0.5) is 0 Å². The number of carbonyl (C=O) groups excluding carboxylic acids is 2. The van der Waals surface area contributed by atoms with Gasteiger partial charge in [-0.15, -0.1) is 0 Å². The summed E-state index contributed by atoms with van der Waals surface area (Å²) in [5.41, 5.74) is 0.113. The molecule has 4 nitrogen and oxygen atoms in total. The van der Waals surface area contributed by atoms with Gasteiger partial charge >= 0.3 is 0 Å². The number of benzene rings is 1. The van der Waals surface area contributed by atoms with Gasteiger partial charge < -0.3 is 0 Å². The SMILES string of the molecule is C[C@@]1(N=Cc2ccccc2)CCC(=O)NC1=O. The fraction of sp³-hybridized carbons (Fsp3) is 0.308. The van der Waals surface area contributed by atoms with Crippen molar-refractivity contribution in [2.75, 3.05) is 0 Å². The first-order valence-electron chi connectivity index (χ1n) is 5.55. The van der Waals surface area contributed by atoms with Crippen molar-refractivity contribution in [1.29, 1.82) is 0 Å². The maximum Gasteiger partial charge on any atom is 0.254 e. The summed E-state index contributed by atoms with van der Waals surface area (Å²) in [6.07, 6.45) is 2.48.